The molecule has 1 aliphatic heterocycles. The summed E-state index contributed by atoms with van der Waals surface area (Å²) in [5.74, 6) is 1.42. The van der Waals surface area contributed by atoms with E-state index in [0.29, 0.717) is 6.42 Å². The van der Waals surface area contributed by atoms with Crippen LogP contribution in [0.3, 0.4) is 0 Å². The Balaban J connectivity index is 1.60. The molecular weight excluding hydrogens is 372 g/mol. The van der Waals surface area contributed by atoms with Gasteiger partial charge in [-0.15, -0.1) is 0 Å². The maximum absolute atomic E-state index is 12.8. The van der Waals surface area contributed by atoms with Crippen molar-refractivity contribution in [1.82, 2.24) is 5.32 Å². The highest BCUT2D eigenvalue weighted by Gasteiger charge is 2.21. The van der Waals surface area contributed by atoms with Crippen molar-refractivity contribution in [3.63, 3.8) is 0 Å². The minimum absolute atomic E-state index is 0.0655. The van der Waals surface area contributed by atoms with Gasteiger partial charge in [0.1, 0.15) is 5.75 Å². The molecule has 1 N–H and O–H groups in total. The number of carbonyl (C=O) groups excluding carboxylic acids is 1. The molecular formula is C26H36N2O2. The zero-order chi connectivity index (χ0) is 21.7. The van der Waals surface area contributed by atoms with Crippen LogP contribution < -0.4 is 15.0 Å². The van der Waals surface area contributed by atoms with Gasteiger partial charge in [0.15, 0.2) is 6.10 Å². The van der Waals surface area contributed by atoms with Crippen molar-refractivity contribution in [2.24, 2.45) is 5.92 Å². The first-order valence-corrected chi connectivity index (χ1v) is 11.3. The van der Waals surface area contributed by atoms with Gasteiger partial charge in [0.05, 0.1) is 6.04 Å². The van der Waals surface area contributed by atoms with Crippen LogP contribution >= 0.6 is 0 Å². The minimum atomic E-state index is -0.497. The summed E-state index contributed by atoms with van der Waals surface area (Å²) in [4.78, 5) is 15.3. The van der Waals surface area contributed by atoms with Gasteiger partial charge in [-0.2, -0.15) is 0 Å². The molecule has 4 nitrogen and oxygen atoms in total. The normalized spacial score (nSPS) is 18.6. The van der Waals surface area contributed by atoms with Crippen molar-refractivity contribution in [2.45, 2.75) is 66.0 Å². The Morgan fingerprint density at radius 1 is 1.17 bits per heavy atom. The maximum atomic E-state index is 12.8. The third-order valence-corrected chi connectivity index (χ3v) is 6.19. The van der Waals surface area contributed by atoms with Crippen LogP contribution in [0.25, 0.3) is 0 Å². The fraction of sp³-hybridized carbons (Fsp3) is 0.500. The SMILES string of the molecule is CC[C@H](Oc1ccc(C)c(C)c1)C(=O)N[C@@H](C)c1ccc(N2CCC[C@H](C)C2)cc1. The van der Waals surface area contributed by atoms with Gasteiger partial charge in [-0.25, -0.2) is 0 Å². The Bertz CT molecular complexity index is 847. The molecule has 3 atom stereocenters. The molecule has 1 heterocycles. The highest BCUT2D eigenvalue weighted by molar-refractivity contribution is 5.81. The molecule has 0 radical (unpaired) electrons. The minimum Gasteiger partial charge on any atom is -0.481 e. The second-order valence-corrected chi connectivity index (χ2v) is 8.78. The van der Waals surface area contributed by atoms with Crippen LogP contribution in [0.15, 0.2) is 42.5 Å². The number of benzene rings is 2. The molecule has 1 amide bonds. The van der Waals surface area contributed by atoms with Crippen molar-refractivity contribution in [3.8, 4) is 5.75 Å². The maximum Gasteiger partial charge on any atom is 0.261 e. The van der Waals surface area contributed by atoms with E-state index in [-0.39, 0.29) is 11.9 Å². The molecule has 4 heteroatoms. The summed E-state index contributed by atoms with van der Waals surface area (Å²) in [6.45, 7) is 12.7. The lowest BCUT2D eigenvalue weighted by atomic mass is 9.99. The van der Waals surface area contributed by atoms with Gasteiger partial charge in [0, 0.05) is 18.8 Å². The summed E-state index contributed by atoms with van der Waals surface area (Å²) in [5, 5.41) is 3.12. The van der Waals surface area contributed by atoms with Crippen LogP contribution in [0, 0.1) is 19.8 Å². The molecule has 0 bridgehead atoms. The summed E-state index contributed by atoms with van der Waals surface area (Å²) in [6.07, 6.45) is 2.70. The standard InChI is InChI=1S/C26H36N2O2/c1-6-25(30-24-14-9-19(3)20(4)16-24)26(29)27-21(5)22-10-12-23(13-11-22)28-15-7-8-18(2)17-28/h9-14,16,18,21,25H,6-8,15,17H2,1-5H3,(H,27,29)/t18-,21-,25-/m0/s1. The predicted molar refractivity (Wildman–Crippen MR) is 124 cm³/mol. The number of hydrogen-bond acceptors (Lipinski definition) is 3. The molecule has 0 aliphatic carbocycles. The van der Waals surface area contributed by atoms with Gasteiger partial charge >= 0.3 is 0 Å². The largest absolute Gasteiger partial charge is 0.481 e. The van der Waals surface area contributed by atoms with E-state index in [1.807, 2.05) is 32.0 Å². The third kappa shape index (κ3) is 5.56. The van der Waals surface area contributed by atoms with E-state index in [1.54, 1.807) is 0 Å². The average molecular weight is 409 g/mol. The van der Waals surface area contributed by atoms with Gasteiger partial charge in [-0.3, -0.25) is 4.79 Å². The molecule has 2 aromatic rings. The van der Waals surface area contributed by atoms with Gasteiger partial charge in [-0.1, -0.05) is 32.0 Å². The van der Waals surface area contributed by atoms with E-state index >= 15 is 0 Å². The Hall–Kier alpha value is -2.49. The summed E-state index contributed by atoms with van der Waals surface area (Å²) in [6, 6.07) is 14.5. The molecule has 30 heavy (non-hydrogen) atoms. The van der Waals surface area contributed by atoms with E-state index in [1.165, 1.54) is 29.7 Å². The Morgan fingerprint density at radius 3 is 2.53 bits per heavy atom. The molecule has 1 fully saturated rings. The Morgan fingerprint density at radius 2 is 1.90 bits per heavy atom. The number of nitrogens with zero attached hydrogens (tertiary/aromatic N) is 1. The topological polar surface area (TPSA) is 41.6 Å². The zero-order valence-electron chi connectivity index (χ0n) is 19.1. The van der Waals surface area contributed by atoms with Crippen LogP contribution in [-0.4, -0.2) is 25.1 Å². The smallest absolute Gasteiger partial charge is 0.261 e. The van der Waals surface area contributed by atoms with Crippen LogP contribution in [0.4, 0.5) is 5.69 Å². The first kappa shape index (κ1) is 22.2. The number of nitrogens with one attached hydrogen (secondary N) is 1. The second kappa shape index (κ2) is 10.0. The van der Waals surface area contributed by atoms with Crippen LogP contribution in [0.5, 0.6) is 5.75 Å². The summed E-state index contributed by atoms with van der Waals surface area (Å²) in [7, 11) is 0. The van der Waals surface area contributed by atoms with Crippen LogP contribution in [-0.2, 0) is 4.79 Å². The fourth-order valence-electron chi connectivity index (χ4n) is 4.06. The van der Waals surface area contributed by atoms with E-state index in [0.717, 1.165) is 30.3 Å². The lowest BCUT2D eigenvalue weighted by Gasteiger charge is -2.33. The number of amides is 1. The average Bonchev–Trinajstić information content (AvgIpc) is 2.74. The lowest BCUT2D eigenvalue weighted by molar-refractivity contribution is -0.128. The monoisotopic (exact) mass is 408 g/mol. The fourth-order valence-corrected chi connectivity index (χ4v) is 4.06. The van der Waals surface area contributed by atoms with Gasteiger partial charge in [-0.05, 0) is 86.9 Å². The molecule has 0 aromatic heterocycles. The van der Waals surface area contributed by atoms with E-state index in [9.17, 15) is 4.79 Å². The summed E-state index contributed by atoms with van der Waals surface area (Å²) in [5.41, 5.74) is 4.77. The molecule has 162 valence electrons. The lowest BCUT2D eigenvalue weighted by Crippen LogP contribution is -2.39. The first-order chi connectivity index (χ1) is 14.4. The number of anilines is 1. The van der Waals surface area contributed by atoms with E-state index in [4.69, 9.17) is 4.74 Å². The quantitative estimate of drug-likeness (QED) is 0.651. The van der Waals surface area contributed by atoms with E-state index < -0.39 is 6.10 Å². The second-order valence-electron chi connectivity index (χ2n) is 8.78. The highest BCUT2D eigenvalue weighted by Crippen LogP contribution is 2.25. The van der Waals surface area contributed by atoms with Gasteiger partial charge in [0.25, 0.3) is 5.91 Å². The molecule has 0 unspecified atom stereocenters. The van der Waals surface area contributed by atoms with E-state index in [2.05, 4.69) is 55.3 Å². The van der Waals surface area contributed by atoms with Crippen molar-refractivity contribution in [1.29, 1.82) is 0 Å². The number of hydrogen-bond donors (Lipinski definition) is 1. The first-order valence-electron chi connectivity index (χ1n) is 11.3. The Labute approximate surface area is 181 Å². The molecule has 0 saturated carbocycles. The van der Waals surface area contributed by atoms with Gasteiger partial charge < -0.3 is 15.0 Å². The number of piperidine rings is 1. The number of ether oxygens (including phenoxy) is 1. The van der Waals surface area contributed by atoms with Crippen molar-refractivity contribution >= 4 is 11.6 Å². The Kier molecular flexibility index (Phi) is 7.41. The summed E-state index contributed by atoms with van der Waals surface area (Å²) < 4.78 is 5.99. The number of rotatable bonds is 7. The number of carbonyl (C=O) groups is 1. The van der Waals surface area contributed by atoms with Gasteiger partial charge in [0.2, 0.25) is 0 Å². The highest BCUT2D eigenvalue weighted by atomic mass is 16.5. The molecule has 2 aromatic carbocycles. The third-order valence-electron chi connectivity index (χ3n) is 6.19. The summed E-state index contributed by atoms with van der Waals surface area (Å²) >= 11 is 0. The zero-order valence-corrected chi connectivity index (χ0v) is 19.1. The van der Waals surface area contributed by atoms with Crippen LogP contribution in [0.1, 0.15) is 62.8 Å². The van der Waals surface area contributed by atoms with Crippen molar-refractivity contribution < 1.29 is 9.53 Å². The van der Waals surface area contributed by atoms with Crippen molar-refractivity contribution in [2.75, 3.05) is 18.0 Å². The van der Waals surface area contributed by atoms with Crippen LogP contribution in [0.2, 0.25) is 0 Å². The van der Waals surface area contributed by atoms with Crippen molar-refractivity contribution in [3.05, 3.63) is 59.2 Å². The molecule has 3 rings (SSSR count). The molecule has 1 saturated heterocycles. The predicted octanol–water partition coefficient (Wildman–Crippen LogP) is 5.57. The molecule has 1 aliphatic rings. The molecule has 0 spiro atoms. The number of aryl methyl sites for hydroxylation is 2.